The minimum atomic E-state index is 0.184. The Hall–Kier alpha value is -6.31. The summed E-state index contributed by atoms with van der Waals surface area (Å²) in [5.74, 6) is 1.60. The van der Waals surface area contributed by atoms with Crippen molar-refractivity contribution < 1.29 is 28.5 Å². The number of halogens is 1. The summed E-state index contributed by atoms with van der Waals surface area (Å²) >= 11 is 5.96. The molecular weight excluding hydrogens is 1040 g/mol. The van der Waals surface area contributed by atoms with Crippen LogP contribution in [-0.4, -0.2) is 138 Å². The topological polar surface area (TPSA) is 203 Å². The average molecular weight is 1130 g/mol. The molecule has 432 valence electrons. The number of ether oxygens (including phenoxy) is 4. The SMILES string of the molecule is CC(C)OC1CN(C(=O)CC2CCCCc3cc(-c4ccnc(Cl)n4)ccc32)C1.CC(C)OC1CN(C(=O)CC2CCCCc3cc(-c4ccnc(Nc5cnn(C6CCOCC6)c5)n4)ccc32)C1.Nc1cnn(C2CCOCC2)c1. The zero-order chi connectivity index (χ0) is 56.2. The van der Waals surface area contributed by atoms with Crippen LogP contribution in [0.4, 0.5) is 17.3 Å². The molecule has 2 unspecified atom stereocenters. The highest BCUT2D eigenvalue weighted by atomic mass is 35.5. The third-order valence-corrected chi connectivity index (χ3v) is 16.5. The number of fused-ring (bicyclic) bond motifs is 2. The smallest absolute Gasteiger partial charge is 0.227 e. The highest BCUT2D eigenvalue weighted by molar-refractivity contribution is 6.28. The van der Waals surface area contributed by atoms with Crippen LogP contribution in [0.5, 0.6) is 0 Å². The molecule has 4 saturated heterocycles. The van der Waals surface area contributed by atoms with Gasteiger partial charge in [0, 0.05) is 101 Å². The van der Waals surface area contributed by atoms with Crippen LogP contribution in [0.25, 0.3) is 22.5 Å². The van der Waals surface area contributed by atoms with Crippen molar-refractivity contribution in [2.75, 3.05) is 63.7 Å². The molecule has 6 aliphatic rings. The lowest BCUT2D eigenvalue weighted by Gasteiger charge is -2.40. The Balaban J connectivity index is 0.000000156. The monoisotopic (exact) mass is 1120 g/mol. The number of amides is 2. The number of nitrogen functional groups attached to an aromatic ring is 1. The van der Waals surface area contributed by atoms with E-state index in [1.807, 2.05) is 77.6 Å². The molecule has 2 atom stereocenters. The van der Waals surface area contributed by atoms with E-state index in [0.717, 1.165) is 164 Å². The number of nitrogens with two attached hydrogens (primary N) is 1. The number of benzene rings is 2. The number of nitrogens with zero attached hydrogens (tertiary/aromatic N) is 10. The van der Waals surface area contributed by atoms with Gasteiger partial charge in [0.15, 0.2) is 0 Å². The Bertz CT molecular complexity index is 3020. The van der Waals surface area contributed by atoms with Crippen LogP contribution in [0.15, 0.2) is 85.7 Å². The largest absolute Gasteiger partial charge is 0.396 e. The summed E-state index contributed by atoms with van der Waals surface area (Å²) in [7, 11) is 0. The summed E-state index contributed by atoms with van der Waals surface area (Å²) in [5, 5.41) is 12.3. The van der Waals surface area contributed by atoms with Gasteiger partial charge in [-0.05, 0) is 162 Å². The Labute approximate surface area is 481 Å². The number of aromatic nitrogens is 8. The number of hydrogen-bond acceptors (Lipinski definition) is 14. The van der Waals surface area contributed by atoms with E-state index in [9.17, 15) is 9.59 Å². The van der Waals surface area contributed by atoms with Crippen molar-refractivity contribution in [3.05, 3.63) is 113 Å². The lowest BCUT2D eigenvalue weighted by molar-refractivity contribution is -0.149. The standard InChI is InChI=1S/C31H40N6O3.C23H28ClN3O2.C8H13N3O/c1-21(2)40-27-19-36(20-27)30(38)16-23-6-4-3-5-22-15-24(7-8-28(22)23)29-9-12-32-31(35-29)34-25-17-33-37(18-25)26-10-13-39-14-11-26;1-15(2)29-19-13-27(14-19)22(28)12-17-6-4-3-5-16-11-18(7-8-20(16)17)21-9-10-25-23(24)26-21;9-7-5-10-11(6-7)8-1-3-12-4-2-8/h7-9,12,15,17-18,21,23,26-27H,3-6,10-11,13-14,16,19-20H2,1-2H3,(H,32,34,35);7-11,15,17,19H,3-6,12-14H2,1-2H3;5-6,8H,1-4,9H2. The second kappa shape index (κ2) is 27.6. The fraction of sp³-hybridized carbons (Fsp3) is 0.548. The van der Waals surface area contributed by atoms with Crippen LogP contribution in [0.1, 0.15) is 151 Å². The lowest BCUT2D eigenvalue weighted by Crippen LogP contribution is -2.55. The van der Waals surface area contributed by atoms with Crippen LogP contribution in [0.2, 0.25) is 5.28 Å². The van der Waals surface area contributed by atoms with Crippen molar-refractivity contribution >= 4 is 40.7 Å². The quantitative estimate of drug-likeness (QED) is 0.0770. The predicted molar refractivity (Wildman–Crippen MR) is 313 cm³/mol. The van der Waals surface area contributed by atoms with Crippen molar-refractivity contribution in [1.29, 1.82) is 0 Å². The first-order valence-electron chi connectivity index (χ1n) is 29.6. The van der Waals surface area contributed by atoms with E-state index in [2.05, 4.69) is 66.9 Å². The molecule has 6 aromatic rings. The summed E-state index contributed by atoms with van der Waals surface area (Å²) in [6, 6.07) is 17.8. The second-order valence-electron chi connectivity index (χ2n) is 23.1. The summed E-state index contributed by atoms with van der Waals surface area (Å²) in [6.45, 7) is 14.3. The molecule has 0 radical (unpaired) electrons. The van der Waals surface area contributed by atoms with Gasteiger partial charge in [0.1, 0.15) is 0 Å². The Kier molecular flexibility index (Phi) is 19.8. The number of aryl methyl sites for hydroxylation is 2. The van der Waals surface area contributed by atoms with Crippen LogP contribution in [0.3, 0.4) is 0 Å². The molecule has 0 saturated carbocycles. The maximum atomic E-state index is 13.0. The number of carbonyl (C=O) groups excluding carboxylic acids is 2. The van der Waals surface area contributed by atoms with E-state index in [1.165, 1.54) is 22.3 Å². The summed E-state index contributed by atoms with van der Waals surface area (Å²) in [6.07, 6.45) is 25.7. The lowest BCUT2D eigenvalue weighted by atomic mass is 9.88. The molecule has 4 aliphatic heterocycles. The summed E-state index contributed by atoms with van der Waals surface area (Å²) < 4.78 is 26.3. The van der Waals surface area contributed by atoms with Gasteiger partial charge in [-0.15, -0.1) is 0 Å². The maximum Gasteiger partial charge on any atom is 0.227 e. The van der Waals surface area contributed by atoms with Gasteiger partial charge in [-0.2, -0.15) is 10.2 Å². The van der Waals surface area contributed by atoms with Gasteiger partial charge in [0.25, 0.3) is 0 Å². The van der Waals surface area contributed by atoms with E-state index in [4.69, 9.17) is 41.3 Å². The molecule has 4 fully saturated rings. The molecule has 0 spiro atoms. The first-order chi connectivity index (χ1) is 39.4. The van der Waals surface area contributed by atoms with E-state index < -0.39 is 0 Å². The molecule has 8 heterocycles. The highest BCUT2D eigenvalue weighted by Crippen LogP contribution is 2.38. The Morgan fingerprint density at radius 1 is 0.642 bits per heavy atom. The first kappa shape index (κ1) is 57.9. The minimum Gasteiger partial charge on any atom is -0.396 e. The van der Waals surface area contributed by atoms with E-state index in [1.54, 1.807) is 18.6 Å². The van der Waals surface area contributed by atoms with Gasteiger partial charge in [-0.1, -0.05) is 37.1 Å². The molecule has 2 amide bonds. The Morgan fingerprint density at radius 2 is 1.14 bits per heavy atom. The average Bonchev–Trinajstić information content (AvgIpc) is 4.01. The van der Waals surface area contributed by atoms with Gasteiger partial charge in [-0.3, -0.25) is 19.0 Å². The normalized spacial score (nSPS) is 19.9. The number of carbonyl (C=O) groups is 2. The van der Waals surface area contributed by atoms with Crippen molar-refractivity contribution in [2.24, 2.45) is 0 Å². The number of hydrogen-bond donors (Lipinski definition) is 2. The molecule has 0 bridgehead atoms. The predicted octanol–water partition coefficient (Wildman–Crippen LogP) is 10.7. The van der Waals surface area contributed by atoms with Crippen LogP contribution < -0.4 is 11.1 Å². The van der Waals surface area contributed by atoms with E-state index in [-0.39, 0.29) is 53.3 Å². The third kappa shape index (κ3) is 15.6. The zero-order valence-electron chi connectivity index (χ0n) is 47.6. The zero-order valence-corrected chi connectivity index (χ0v) is 48.4. The van der Waals surface area contributed by atoms with Gasteiger partial charge >= 0.3 is 0 Å². The molecule has 2 aliphatic carbocycles. The van der Waals surface area contributed by atoms with Crippen molar-refractivity contribution in [3.8, 4) is 22.5 Å². The number of anilines is 3. The van der Waals surface area contributed by atoms with Crippen molar-refractivity contribution in [1.82, 2.24) is 49.3 Å². The number of rotatable bonds is 14. The van der Waals surface area contributed by atoms with Crippen LogP contribution in [-0.2, 0) is 41.4 Å². The van der Waals surface area contributed by atoms with Gasteiger partial charge in [0.2, 0.25) is 23.0 Å². The molecule has 18 nitrogen and oxygen atoms in total. The molecule has 81 heavy (non-hydrogen) atoms. The van der Waals surface area contributed by atoms with Crippen molar-refractivity contribution in [3.63, 3.8) is 0 Å². The first-order valence-corrected chi connectivity index (χ1v) is 30.0. The third-order valence-electron chi connectivity index (χ3n) is 16.3. The molecule has 2 aromatic carbocycles. The molecule has 12 rings (SSSR count). The van der Waals surface area contributed by atoms with Gasteiger partial charge in [-0.25, -0.2) is 19.9 Å². The van der Waals surface area contributed by atoms with E-state index in [0.29, 0.717) is 30.9 Å². The fourth-order valence-electron chi connectivity index (χ4n) is 12.1. The molecular formula is C62H81ClN12O6. The summed E-state index contributed by atoms with van der Waals surface area (Å²) in [5.41, 5.74) is 16.3. The molecule has 3 N–H and O–H groups in total. The van der Waals surface area contributed by atoms with Crippen LogP contribution in [0, 0.1) is 0 Å². The minimum absolute atomic E-state index is 0.184. The van der Waals surface area contributed by atoms with Gasteiger partial charge < -0.3 is 39.8 Å². The maximum absolute atomic E-state index is 13.0. The fourth-order valence-corrected chi connectivity index (χ4v) is 12.2. The summed E-state index contributed by atoms with van der Waals surface area (Å²) in [4.78, 5) is 47.3. The number of nitrogens with one attached hydrogen (secondary N) is 1. The van der Waals surface area contributed by atoms with Crippen molar-refractivity contribution in [2.45, 2.75) is 166 Å². The molecule has 19 heteroatoms. The molecule has 4 aromatic heterocycles. The highest BCUT2D eigenvalue weighted by Gasteiger charge is 2.35. The van der Waals surface area contributed by atoms with Crippen LogP contribution >= 0.6 is 11.6 Å². The van der Waals surface area contributed by atoms with Gasteiger partial charge in [0.05, 0.1) is 71.7 Å². The number of likely N-dealkylation sites (tertiary alicyclic amines) is 2. The van der Waals surface area contributed by atoms with E-state index >= 15 is 0 Å². The Morgan fingerprint density at radius 3 is 1.63 bits per heavy atom. The second-order valence-corrected chi connectivity index (χ2v) is 23.4.